The van der Waals surface area contributed by atoms with Gasteiger partial charge in [-0.2, -0.15) is 0 Å². The van der Waals surface area contributed by atoms with Gasteiger partial charge in [-0.05, 0) is 0 Å². The molecule has 0 aliphatic rings. The molecule has 4 nitrogen and oxygen atoms in total. The third-order valence-electron chi connectivity index (χ3n) is 1.46. The van der Waals surface area contributed by atoms with Gasteiger partial charge in [-0.25, -0.2) is 0 Å². The number of oxime groups is 1. The number of benzene rings is 1. The zero-order valence-corrected chi connectivity index (χ0v) is 7.23. The molecule has 0 saturated heterocycles. The van der Waals surface area contributed by atoms with E-state index in [1.807, 2.05) is 6.07 Å². The van der Waals surface area contributed by atoms with Crippen LogP contribution in [0.3, 0.4) is 0 Å². The van der Waals surface area contributed by atoms with Crippen molar-refractivity contribution in [1.29, 1.82) is 0 Å². The maximum absolute atomic E-state index is 10.9. The lowest BCUT2D eigenvalue weighted by Gasteiger charge is -1.99. The van der Waals surface area contributed by atoms with E-state index in [4.69, 9.17) is 5.73 Å². The molecule has 1 rings (SSSR count). The van der Waals surface area contributed by atoms with Crippen LogP contribution in [-0.2, 0) is 9.63 Å². The Kier molecular flexibility index (Phi) is 3.03. The number of nitrogens with two attached hydrogens (primary N) is 1. The highest BCUT2D eigenvalue weighted by Gasteiger charge is 2.09. The lowest BCUT2D eigenvalue weighted by Crippen LogP contribution is -2.24. The van der Waals surface area contributed by atoms with Gasteiger partial charge in [-0.15, -0.1) is 0 Å². The molecule has 68 valence electrons. The molecule has 1 aromatic rings. The number of nitrogens with zero attached hydrogens (tertiary/aromatic N) is 1. The van der Waals surface area contributed by atoms with Crippen LogP contribution in [0.2, 0.25) is 0 Å². The summed E-state index contributed by atoms with van der Waals surface area (Å²) in [6.45, 7) is 0. The average Bonchev–Trinajstić information content (AvgIpc) is 2.15. The number of amides is 1. The van der Waals surface area contributed by atoms with Gasteiger partial charge < -0.3 is 10.6 Å². The quantitative estimate of drug-likeness (QED) is 0.541. The molecular weight excluding hydrogens is 168 g/mol. The Morgan fingerprint density at radius 1 is 1.38 bits per heavy atom. The van der Waals surface area contributed by atoms with E-state index in [0.29, 0.717) is 5.56 Å². The van der Waals surface area contributed by atoms with Crippen LogP contribution in [0.1, 0.15) is 5.56 Å². The second kappa shape index (κ2) is 4.25. The second-order valence-corrected chi connectivity index (χ2v) is 2.35. The Balaban J connectivity index is 3.03. The molecule has 0 heterocycles. The number of hydrogen-bond acceptors (Lipinski definition) is 3. The predicted octanol–water partition coefficient (Wildman–Crippen LogP) is 0.522. The number of primary amides is 1. The highest BCUT2D eigenvalue weighted by molar-refractivity contribution is 6.44. The summed E-state index contributed by atoms with van der Waals surface area (Å²) >= 11 is 0. The summed E-state index contributed by atoms with van der Waals surface area (Å²) in [4.78, 5) is 15.4. The van der Waals surface area contributed by atoms with E-state index in [1.165, 1.54) is 7.11 Å². The van der Waals surface area contributed by atoms with E-state index in [0.717, 1.165) is 0 Å². The highest BCUT2D eigenvalue weighted by Crippen LogP contribution is 2.00. The Morgan fingerprint density at radius 3 is 2.46 bits per heavy atom. The van der Waals surface area contributed by atoms with Crippen molar-refractivity contribution in [1.82, 2.24) is 0 Å². The van der Waals surface area contributed by atoms with Crippen LogP contribution >= 0.6 is 0 Å². The van der Waals surface area contributed by atoms with Crippen molar-refractivity contribution in [2.24, 2.45) is 10.9 Å². The molecule has 0 aliphatic heterocycles. The molecule has 0 bridgehead atoms. The van der Waals surface area contributed by atoms with Gasteiger partial charge in [-0.3, -0.25) is 4.79 Å². The first-order valence-corrected chi connectivity index (χ1v) is 3.72. The molecule has 1 aromatic carbocycles. The van der Waals surface area contributed by atoms with Crippen molar-refractivity contribution >= 4 is 11.6 Å². The van der Waals surface area contributed by atoms with Crippen molar-refractivity contribution in [2.75, 3.05) is 7.11 Å². The lowest BCUT2D eigenvalue weighted by molar-refractivity contribution is -0.112. The molecule has 0 spiro atoms. The highest BCUT2D eigenvalue weighted by atomic mass is 16.6. The van der Waals surface area contributed by atoms with Crippen LogP contribution in [0.4, 0.5) is 0 Å². The van der Waals surface area contributed by atoms with Crippen molar-refractivity contribution in [3.05, 3.63) is 35.9 Å². The first kappa shape index (κ1) is 9.25. The molecule has 0 fully saturated rings. The molecular formula is C9H10N2O2. The molecule has 1 amide bonds. The summed E-state index contributed by atoms with van der Waals surface area (Å²) in [6, 6.07) is 8.91. The van der Waals surface area contributed by atoms with Crippen LogP contribution in [0.5, 0.6) is 0 Å². The average molecular weight is 178 g/mol. The van der Waals surface area contributed by atoms with Crippen LogP contribution in [0.25, 0.3) is 0 Å². The van der Waals surface area contributed by atoms with Crippen molar-refractivity contribution in [3.8, 4) is 0 Å². The third-order valence-corrected chi connectivity index (χ3v) is 1.46. The fourth-order valence-electron chi connectivity index (χ4n) is 0.927. The number of rotatable bonds is 3. The molecule has 4 heteroatoms. The molecule has 0 aromatic heterocycles. The van der Waals surface area contributed by atoms with Gasteiger partial charge in [0, 0.05) is 5.56 Å². The standard InChI is InChI=1S/C9H10N2O2/c1-13-11-8(9(10)12)7-5-3-2-4-6-7/h2-6H,1H3,(H2,10,12). The smallest absolute Gasteiger partial charge is 0.271 e. The van der Waals surface area contributed by atoms with E-state index in [2.05, 4.69) is 9.99 Å². The molecule has 0 saturated carbocycles. The van der Waals surface area contributed by atoms with E-state index < -0.39 is 5.91 Å². The molecule has 0 unspecified atom stereocenters. The second-order valence-electron chi connectivity index (χ2n) is 2.35. The van der Waals surface area contributed by atoms with Gasteiger partial charge >= 0.3 is 0 Å². The molecule has 0 atom stereocenters. The first-order chi connectivity index (χ1) is 6.25. The molecule has 0 aliphatic carbocycles. The number of carbonyl (C=O) groups excluding carboxylic acids is 1. The van der Waals surface area contributed by atoms with Crippen LogP contribution in [0, 0.1) is 0 Å². The SMILES string of the molecule is CON=C(C(N)=O)c1ccccc1. The van der Waals surface area contributed by atoms with Gasteiger partial charge in [0.1, 0.15) is 7.11 Å². The summed E-state index contributed by atoms with van der Waals surface area (Å²) in [5, 5.41) is 3.54. The van der Waals surface area contributed by atoms with Crippen molar-refractivity contribution in [3.63, 3.8) is 0 Å². The van der Waals surface area contributed by atoms with Gasteiger partial charge in [0.25, 0.3) is 5.91 Å². The summed E-state index contributed by atoms with van der Waals surface area (Å²) in [5.41, 5.74) is 5.88. The summed E-state index contributed by atoms with van der Waals surface area (Å²) in [5.74, 6) is -0.604. The Bertz CT molecular complexity index is 320. The van der Waals surface area contributed by atoms with E-state index in [1.54, 1.807) is 24.3 Å². The van der Waals surface area contributed by atoms with Gasteiger partial charge in [0.15, 0.2) is 5.71 Å². The van der Waals surface area contributed by atoms with Crippen LogP contribution < -0.4 is 5.73 Å². The fourth-order valence-corrected chi connectivity index (χ4v) is 0.927. The van der Waals surface area contributed by atoms with Crippen molar-refractivity contribution in [2.45, 2.75) is 0 Å². The molecule has 2 N–H and O–H groups in total. The third kappa shape index (κ3) is 2.30. The zero-order valence-electron chi connectivity index (χ0n) is 7.23. The summed E-state index contributed by atoms with van der Waals surface area (Å²) in [7, 11) is 1.37. The Hall–Kier alpha value is -1.84. The van der Waals surface area contributed by atoms with Gasteiger partial charge in [-0.1, -0.05) is 35.5 Å². The van der Waals surface area contributed by atoms with Gasteiger partial charge in [0.2, 0.25) is 0 Å². The van der Waals surface area contributed by atoms with E-state index in [-0.39, 0.29) is 5.71 Å². The summed E-state index contributed by atoms with van der Waals surface area (Å²) in [6.07, 6.45) is 0. The summed E-state index contributed by atoms with van der Waals surface area (Å²) < 4.78 is 0. The minimum absolute atomic E-state index is 0.128. The minimum Gasteiger partial charge on any atom is -0.398 e. The minimum atomic E-state index is -0.604. The van der Waals surface area contributed by atoms with Crippen LogP contribution in [-0.4, -0.2) is 18.7 Å². The largest absolute Gasteiger partial charge is 0.398 e. The van der Waals surface area contributed by atoms with Crippen LogP contribution in [0.15, 0.2) is 35.5 Å². The topological polar surface area (TPSA) is 64.7 Å². The monoisotopic (exact) mass is 178 g/mol. The van der Waals surface area contributed by atoms with Gasteiger partial charge in [0.05, 0.1) is 0 Å². The van der Waals surface area contributed by atoms with E-state index >= 15 is 0 Å². The van der Waals surface area contributed by atoms with E-state index in [9.17, 15) is 4.79 Å². The first-order valence-electron chi connectivity index (χ1n) is 3.72. The molecule has 0 radical (unpaired) electrons. The lowest BCUT2D eigenvalue weighted by atomic mass is 10.1. The zero-order chi connectivity index (χ0) is 9.68. The Morgan fingerprint density at radius 2 is 2.00 bits per heavy atom. The number of hydrogen-bond donors (Lipinski definition) is 1. The molecule has 13 heavy (non-hydrogen) atoms. The van der Waals surface area contributed by atoms with Crippen molar-refractivity contribution < 1.29 is 9.63 Å². The number of carbonyl (C=O) groups is 1. The normalized spacial score (nSPS) is 11.0. The maximum atomic E-state index is 10.9. The predicted molar refractivity (Wildman–Crippen MR) is 49.2 cm³/mol. The fraction of sp³-hybridized carbons (Fsp3) is 0.111. The Labute approximate surface area is 76.0 Å². The maximum Gasteiger partial charge on any atom is 0.271 e.